The van der Waals surface area contributed by atoms with Gasteiger partial charge in [-0.2, -0.15) is 0 Å². The van der Waals surface area contributed by atoms with Gasteiger partial charge in [0.15, 0.2) is 17.4 Å². The van der Waals surface area contributed by atoms with Crippen molar-refractivity contribution in [3.05, 3.63) is 0 Å². The van der Waals surface area contributed by atoms with Crippen molar-refractivity contribution in [2.45, 2.75) is 19.1 Å². The van der Waals surface area contributed by atoms with Gasteiger partial charge in [-0.1, -0.05) is 0 Å². The lowest BCUT2D eigenvalue weighted by atomic mass is 10.2. The number of carboxylic acids is 1. The number of nitrogens with two attached hydrogens (primary N) is 1. The molecule has 0 spiro atoms. The van der Waals surface area contributed by atoms with Gasteiger partial charge in [0, 0.05) is 0 Å². The average Bonchev–Trinajstić information content (AvgIpc) is 1.64. The first-order valence-electron chi connectivity index (χ1n) is 2.22. The molecule has 0 radical (unpaired) electrons. The van der Waals surface area contributed by atoms with Crippen molar-refractivity contribution >= 4 is 23.3 Å². The van der Waals surface area contributed by atoms with E-state index in [0.29, 0.717) is 0 Å². The summed E-state index contributed by atoms with van der Waals surface area (Å²) in [5.74, 6) is -1.18. The largest absolute Gasteiger partial charge is 0.480 e. The Morgan fingerprint density at radius 2 is 2.00 bits per heavy atom. The highest BCUT2D eigenvalue weighted by atomic mass is 27.0. The molecule has 4 nitrogen and oxygen atoms in total. The number of hydrogen-bond acceptors (Lipinski definition) is 3. The zero-order valence-electron chi connectivity index (χ0n) is 4.53. The van der Waals surface area contributed by atoms with Crippen LogP contribution in [0.4, 0.5) is 0 Å². The molecule has 2 unspecified atom stereocenters. The van der Waals surface area contributed by atoms with Crippen molar-refractivity contribution in [1.82, 2.24) is 0 Å². The predicted molar refractivity (Wildman–Crippen MR) is 37.2 cm³/mol. The molecule has 0 saturated heterocycles. The number of aliphatic carboxylic acids is 1. The lowest BCUT2D eigenvalue weighted by Crippen LogP contribution is -2.39. The molecule has 0 fully saturated rings. The summed E-state index contributed by atoms with van der Waals surface area (Å²) >= 11 is 0. The minimum absolute atomic E-state index is 0. The fraction of sp³-hybridized carbons (Fsp3) is 0.750. The normalized spacial score (nSPS) is 15.4. The number of aliphatic hydroxyl groups excluding tert-OH is 1. The van der Waals surface area contributed by atoms with Crippen LogP contribution in [0.5, 0.6) is 0 Å². The summed E-state index contributed by atoms with van der Waals surface area (Å²) in [4.78, 5) is 9.86. The summed E-state index contributed by atoms with van der Waals surface area (Å²) in [6.45, 7) is 1.33. The van der Waals surface area contributed by atoms with Gasteiger partial charge in [-0.15, -0.1) is 0 Å². The molecule has 5 heteroatoms. The molecule has 0 saturated carbocycles. The number of carbonyl (C=O) groups is 1. The smallest absolute Gasteiger partial charge is 0.323 e. The Balaban J connectivity index is 0. The summed E-state index contributed by atoms with van der Waals surface area (Å²) in [5, 5.41) is 16.6. The number of aliphatic hydroxyl groups is 1. The second-order valence-corrected chi connectivity index (χ2v) is 1.60. The maximum Gasteiger partial charge on any atom is 0.323 e. The maximum atomic E-state index is 9.86. The van der Waals surface area contributed by atoms with Crippen LogP contribution in [-0.4, -0.2) is 45.7 Å². The Bertz CT molecular complexity index is 95.8. The van der Waals surface area contributed by atoms with Crippen molar-refractivity contribution < 1.29 is 15.0 Å². The van der Waals surface area contributed by atoms with E-state index in [0.717, 1.165) is 0 Å². The van der Waals surface area contributed by atoms with Crippen LogP contribution in [0, 0.1) is 0 Å². The van der Waals surface area contributed by atoms with Gasteiger partial charge in [-0.05, 0) is 6.92 Å². The highest BCUT2D eigenvalue weighted by Crippen LogP contribution is 1.85. The Hall–Kier alpha value is -0.0775. The van der Waals surface area contributed by atoms with Crippen LogP contribution in [0.3, 0.4) is 0 Å². The van der Waals surface area contributed by atoms with Crippen LogP contribution in [0.15, 0.2) is 0 Å². The minimum Gasteiger partial charge on any atom is -0.480 e. The number of hydrogen-bond donors (Lipinski definition) is 3. The third-order valence-electron chi connectivity index (χ3n) is 0.805. The van der Waals surface area contributed by atoms with Gasteiger partial charge in [0.2, 0.25) is 0 Å². The number of carboxylic acid groups (broad SMARTS) is 1. The minimum atomic E-state index is -1.18. The van der Waals surface area contributed by atoms with Gasteiger partial charge < -0.3 is 15.9 Å². The molecule has 2 atom stereocenters. The molecule has 0 aromatic rings. The second kappa shape index (κ2) is 4.77. The van der Waals surface area contributed by atoms with Crippen molar-refractivity contribution in [2.75, 3.05) is 0 Å². The monoisotopic (exact) mass is 149 g/mol. The molecule has 0 aromatic carbocycles. The molecular formula is C4H12AlNO3. The molecule has 0 aliphatic carbocycles. The molecule has 0 amide bonds. The summed E-state index contributed by atoms with van der Waals surface area (Å²) < 4.78 is 0. The van der Waals surface area contributed by atoms with E-state index >= 15 is 0 Å². The van der Waals surface area contributed by atoms with E-state index < -0.39 is 18.1 Å². The second-order valence-electron chi connectivity index (χ2n) is 1.60. The summed E-state index contributed by atoms with van der Waals surface area (Å²) in [6, 6.07) is -1.16. The van der Waals surface area contributed by atoms with E-state index in [-0.39, 0.29) is 17.4 Å². The first kappa shape index (κ1) is 11.7. The lowest BCUT2D eigenvalue weighted by Gasteiger charge is -2.06. The Morgan fingerprint density at radius 3 is 2.00 bits per heavy atom. The average molecular weight is 149 g/mol. The topological polar surface area (TPSA) is 83.5 Å². The fourth-order valence-electron chi connectivity index (χ4n) is 0.206. The maximum absolute atomic E-state index is 9.86. The summed E-state index contributed by atoms with van der Waals surface area (Å²) in [7, 11) is 0. The van der Waals surface area contributed by atoms with E-state index in [2.05, 4.69) is 0 Å². The standard InChI is InChI=1S/C4H9NO3.Al.3H/c1-2(6)3(5)4(7)8;;;;/h2-3,6H,5H2,1H3,(H,7,8);;;;. The molecule has 0 aliphatic rings. The lowest BCUT2D eigenvalue weighted by molar-refractivity contribution is -0.140. The quantitative estimate of drug-likeness (QED) is 0.382. The first-order valence-corrected chi connectivity index (χ1v) is 2.22. The highest BCUT2D eigenvalue weighted by Gasteiger charge is 2.16. The Labute approximate surface area is 63.8 Å². The van der Waals surface area contributed by atoms with Crippen LogP contribution < -0.4 is 5.73 Å². The summed E-state index contributed by atoms with van der Waals surface area (Å²) in [6.07, 6.45) is -0.979. The Morgan fingerprint density at radius 1 is 1.67 bits per heavy atom. The SMILES string of the molecule is CC(O)C(N)C(=O)O.[AlH3]. The molecule has 0 bridgehead atoms. The molecule has 0 heterocycles. The van der Waals surface area contributed by atoms with Gasteiger partial charge >= 0.3 is 5.97 Å². The van der Waals surface area contributed by atoms with Crippen molar-refractivity contribution in [2.24, 2.45) is 5.73 Å². The van der Waals surface area contributed by atoms with Crippen LogP contribution in [0.2, 0.25) is 0 Å². The van der Waals surface area contributed by atoms with Crippen molar-refractivity contribution in [3.63, 3.8) is 0 Å². The zero-order valence-corrected chi connectivity index (χ0v) is 4.53. The van der Waals surface area contributed by atoms with E-state index in [1.807, 2.05) is 0 Å². The fourth-order valence-corrected chi connectivity index (χ4v) is 0.206. The Kier molecular flexibility index (Phi) is 6.19. The van der Waals surface area contributed by atoms with Crippen LogP contribution in [0.1, 0.15) is 6.92 Å². The molecule has 9 heavy (non-hydrogen) atoms. The summed E-state index contributed by atoms with van der Waals surface area (Å²) in [5.41, 5.74) is 4.91. The molecular weight excluding hydrogens is 137 g/mol. The van der Waals surface area contributed by atoms with E-state index in [1.165, 1.54) is 6.92 Å². The van der Waals surface area contributed by atoms with Crippen LogP contribution >= 0.6 is 0 Å². The van der Waals surface area contributed by atoms with Crippen LogP contribution in [-0.2, 0) is 4.79 Å². The highest BCUT2D eigenvalue weighted by molar-refractivity contribution is 5.75. The molecule has 0 rings (SSSR count). The molecule has 0 aliphatic heterocycles. The molecule has 4 N–H and O–H groups in total. The van der Waals surface area contributed by atoms with Gasteiger partial charge in [0.1, 0.15) is 6.04 Å². The van der Waals surface area contributed by atoms with Crippen LogP contribution in [0.25, 0.3) is 0 Å². The molecule has 0 aromatic heterocycles. The third-order valence-corrected chi connectivity index (χ3v) is 0.805. The van der Waals surface area contributed by atoms with E-state index in [4.69, 9.17) is 15.9 Å². The third kappa shape index (κ3) is 4.43. The van der Waals surface area contributed by atoms with Crippen molar-refractivity contribution in [3.8, 4) is 0 Å². The van der Waals surface area contributed by atoms with Gasteiger partial charge in [0.05, 0.1) is 6.10 Å². The first-order chi connectivity index (χ1) is 3.55. The zero-order chi connectivity index (χ0) is 6.73. The molecule has 54 valence electrons. The van der Waals surface area contributed by atoms with Gasteiger partial charge in [-0.25, -0.2) is 0 Å². The number of rotatable bonds is 2. The van der Waals surface area contributed by atoms with E-state index in [9.17, 15) is 4.79 Å². The predicted octanol–water partition coefficient (Wildman–Crippen LogP) is -2.40. The van der Waals surface area contributed by atoms with Gasteiger partial charge in [-0.3, -0.25) is 4.79 Å². The van der Waals surface area contributed by atoms with Crippen molar-refractivity contribution in [1.29, 1.82) is 0 Å². The van der Waals surface area contributed by atoms with E-state index in [1.54, 1.807) is 0 Å². The van der Waals surface area contributed by atoms with Gasteiger partial charge in [0.25, 0.3) is 0 Å².